The van der Waals surface area contributed by atoms with Crippen molar-refractivity contribution in [3.63, 3.8) is 0 Å². The van der Waals surface area contributed by atoms with Gasteiger partial charge in [-0.3, -0.25) is 0 Å². The summed E-state index contributed by atoms with van der Waals surface area (Å²) in [7, 11) is 4.10. The number of benzene rings is 1. The molecule has 1 aromatic rings. The zero-order chi connectivity index (χ0) is 12.5. The molecule has 0 bridgehead atoms. The summed E-state index contributed by atoms with van der Waals surface area (Å²) in [6, 6.07) is 8.41. The van der Waals surface area contributed by atoms with Gasteiger partial charge in [0.2, 0.25) is 0 Å². The Morgan fingerprint density at radius 3 is 2.29 bits per heavy atom. The molecule has 0 amide bonds. The monoisotopic (exact) mass is 229 g/mol. The molecule has 0 aliphatic heterocycles. The van der Waals surface area contributed by atoms with Crippen LogP contribution in [0.5, 0.6) is 0 Å². The molecule has 1 rings (SSSR count). The minimum Gasteiger partial charge on any atom is -0.378 e. The number of unbranched alkanes of at least 4 members (excludes halogenated alkanes) is 4. The summed E-state index contributed by atoms with van der Waals surface area (Å²) in [6.07, 6.45) is 6.19. The van der Waals surface area contributed by atoms with Crippen LogP contribution in [0.4, 0.5) is 5.69 Å². The molecule has 1 aromatic carbocycles. The third kappa shape index (κ3) is 5.45. The predicted octanol–water partition coefficient (Wildman–Crippen LogP) is 4.07. The van der Waals surface area contributed by atoms with Crippen molar-refractivity contribution < 1.29 is 0 Å². The Balaban J connectivity index is 2.38. The molecule has 0 fully saturated rings. The molecule has 0 atom stereocenters. The molecule has 0 heterocycles. The molecule has 92 valence electrons. The summed E-state index contributed by atoms with van der Waals surface area (Å²) in [4.78, 5) is 2.10. The van der Waals surface area contributed by atoms with Crippen LogP contribution in [0, 0.1) is 11.8 Å². The van der Waals surface area contributed by atoms with E-state index in [1.54, 1.807) is 0 Å². The van der Waals surface area contributed by atoms with Gasteiger partial charge in [-0.25, -0.2) is 0 Å². The number of anilines is 1. The SMILES string of the molecule is CCCCCCC#Cc1ccc(N(C)C)cc1. The Morgan fingerprint density at radius 2 is 1.71 bits per heavy atom. The van der Waals surface area contributed by atoms with Crippen LogP contribution in [0.2, 0.25) is 0 Å². The minimum atomic E-state index is 1.02. The first-order valence-electron chi connectivity index (χ1n) is 6.50. The number of rotatable bonds is 5. The van der Waals surface area contributed by atoms with Crippen molar-refractivity contribution >= 4 is 5.69 Å². The largest absolute Gasteiger partial charge is 0.378 e. The van der Waals surface area contributed by atoms with Gasteiger partial charge in [0.05, 0.1) is 0 Å². The van der Waals surface area contributed by atoms with Gasteiger partial charge >= 0.3 is 0 Å². The van der Waals surface area contributed by atoms with Crippen molar-refractivity contribution in [1.82, 2.24) is 0 Å². The summed E-state index contributed by atoms with van der Waals surface area (Å²) in [6.45, 7) is 2.23. The van der Waals surface area contributed by atoms with Crippen LogP contribution in [0.15, 0.2) is 24.3 Å². The lowest BCUT2D eigenvalue weighted by Crippen LogP contribution is -2.07. The first-order valence-corrected chi connectivity index (χ1v) is 6.50. The van der Waals surface area contributed by atoms with Crippen molar-refractivity contribution in [2.24, 2.45) is 0 Å². The quantitative estimate of drug-likeness (QED) is 0.543. The van der Waals surface area contributed by atoms with Gasteiger partial charge < -0.3 is 4.90 Å². The molecular weight excluding hydrogens is 206 g/mol. The molecule has 0 radical (unpaired) electrons. The van der Waals surface area contributed by atoms with Gasteiger partial charge in [-0.1, -0.05) is 38.0 Å². The lowest BCUT2D eigenvalue weighted by atomic mass is 10.1. The molecule has 0 unspecified atom stereocenters. The Bertz CT molecular complexity index is 365. The standard InChI is InChI=1S/C16H23N/c1-4-5-6-7-8-9-10-15-11-13-16(14-12-15)17(2)3/h11-14H,4-8H2,1-3H3. The summed E-state index contributed by atoms with van der Waals surface area (Å²) in [5, 5.41) is 0. The highest BCUT2D eigenvalue weighted by atomic mass is 15.1. The van der Waals surface area contributed by atoms with E-state index in [1.807, 2.05) is 0 Å². The topological polar surface area (TPSA) is 3.24 Å². The second kappa shape index (κ2) is 7.79. The summed E-state index contributed by atoms with van der Waals surface area (Å²) in [5.41, 5.74) is 2.34. The van der Waals surface area contributed by atoms with Crippen LogP contribution in [0.25, 0.3) is 0 Å². The summed E-state index contributed by atoms with van der Waals surface area (Å²) < 4.78 is 0. The first-order chi connectivity index (χ1) is 8.24. The fraction of sp³-hybridized carbons (Fsp3) is 0.500. The van der Waals surface area contributed by atoms with Crippen molar-refractivity contribution in [3.05, 3.63) is 29.8 Å². The third-order valence-electron chi connectivity index (χ3n) is 2.77. The fourth-order valence-corrected chi connectivity index (χ4v) is 1.65. The Labute approximate surface area is 106 Å². The van der Waals surface area contributed by atoms with Crippen molar-refractivity contribution in [2.75, 3.05) is 19.0 Å². The van der Waals surface area contributed by atoms with Crippen molar-refractivity contribution in [1.29, 1.82) is 0 Å². The number of hydrogen-bond acceptors (Lipinski definition) is 1. The van der Waals surface area contributed by atoms with E-state index in [0.29, 0.717) is 0 Å². The molecule has 0 aromatic heterocycles. The molecule has 0 spiro atoms. The van der Waals surface area contributed by atoms with Crippen LogP contribution in [0.1, 0.15) is 44.6 Å². The van der Waals surface area contributed by atoms with Crippen LogP contribution < -0.4 is 4.90 Å². The molecular formula is C16H23N. The Hall–Kier alpha value is -1.42. The highest BCUT2D eigenvalue weighted by Gasteiger charge is 1.93. The van der Waals surface area contributed by atoms with E-state index < -0.39 is 0 Å². The van der Waals surface area contributed by atoms with E-state index in [1.165, 1.54) is 31.4 Å². The van der Waals surface area contributed by atoms with Gasteiger partial charge in [-0.05, 0) is 30.7 Å². The average Bonchev–Trinajstić information content (AvgIpc) is 2.34. The van der Waals surface area contributed by atoms with Crippen LogP contribution >= 0.6 is 0 Å². The van der Waals surface area contributed by atoms with Gasteiger partial charge in [0, 0.05) is 31.8 Å². The Morgan fingerprint density at radius 1 is 1.00 bits per heavy atom. The second-order valence-corrected chi connectivity index (χ2v) is 4.55. The minimum absolute atomic E-state index is 1.02. The van der Waals surface area contributed by atoms with E-state index in [2.05, 4.69) is 62.0 Å². The highest BCUT2D eigenvalue weighted by molar-refractivity contribution is 5.49. The van der Waals surface area contributed by atoms with Crippen molar-refractivity contribution in [3.8, 4) is 11.8 Å². The predicted molar refractivity (Wildman–Crippen MR) is 76.4 cm³/mol. The molecule has 0 saturated heterocycles. The zero-order valence-electron chi connectivity index (χ0n) is 11.3. The fourth-order valence-electron chi connectivity index (χ4n) is 1.65. The molecule has 1 nitrogen and oxygen atoms in total. The third-order valence-corrected chi connectivity index (χ3v) is 2.77. The highest BCUT2D eigenvalue weighted by Crippen LogP contribution is 2.11. The maximum absolute atomic E-state index is 3.25. The lowest BCUT2D eigenvalue weighted by Gasteiger charge is -2.11. The summed E-state index contributed by atoms with van der Waals surface area (Å²) >= 11 is 0. The maximum Gasteiger partial charge on any atom is 0.0361 e. The normalized spacial score (nSPS) is 9.59. The molecule has 0 N–H and O–H groups in total. The first kappa shape index (κ1) is 13.6. The van der Waals surface area contributed by atoms with Crippen LogP contribution in [0.3, 0.4) is 0 Å². The molecule has 0 aliphatic carbocycles. The second-order valence-electron chi connectivity index (χ2n) is 4.55. The van der Waals surface area contributed by atoms with E-state index in [0.717, 1.165) is 12.0 Å². The van der Waals surface area contributed by atoms with Gasteiger partial charge in [-0.15, -0.1) is 0 Å². The average molecular weight is 229 g/mol. The van der Waals surface area contributed by atoms with E-state index in [4.69, 9.17) is 0 Å². The van der Waals surface area contributed by atoms with Crippen molar-refractivity contribution in [2.45, 2.75) is 39.0 Å². The maximum atomic E-state index is 3.25. The molecule has 0 aliphatic rings. The number of nitrogens with zero attached hydrogens (tertiary/aromatic N) is 1. The van der Waals surface area contributed by atoms with Gasteiger partial charge in [0.1, 0.15) is 0 Å². The molecule has 17 heavy (non-hydrogen) atoms. The van der Waals surface area contributed by atoms with E-state index >= 15 is 0 Å². The zero-order valence-corrected chi connectivity index (χ0v) is 11.3. The van der Waals surface area contributed by atoms with E-state index in [-0.39, 0.29) is 0 Å². The van der Waals surface area contributed by atoms with Crippen LogP contribution in [-0.2, 0) is 0 Å². The van der Waals surface area contributed by atoms with Gasteiger partial charge in [-0.2, -0.15) is 0 Å². The van der Waals surface area contributed by atoms with Gasteiger partial charge in [0.25, 0.3) is 0 Å². The van der Waals surface area contributed by atoms with Crippen LogP contribution in [-0.4, -0.2) is 14.1 Å². The number of hydrogen-bond donors (Lipinski definition) is 0. The molecule has 0 saturated carbocycles. The molecule has 1 heteroatoms. The van der Waals surface area contributed by atoms with E-state index in [9.17, 15) is 0 Å². The van der Waals surface area contributed by atoms with Gasteiger partial charge in [0.15, 0.2) is 0 Å². The summed E-state index contributed by atoms with van der Waals surface area (Å²) in [5.74, 6) is 6.46. The lowest BCUT2D eigenvalue weighted by molar-refractivity contribution is 0.679. The Kier molecular flexibility index (Phi) is 6.25. The smallest absolute Gasteiger partial charge is 0.0361 e.